The minimum Gasteiger partial charge on any atom is -0.207 e. The summed E-state index contributed by atoms with van der Waals surface area (Å²) >= 11 is 0. The van der Waals surface area contributed by atoms with E-state index in [0.29, 0.717) is 0 Å². The first-order chi connectivity index (χ1) is 14.1. The zero-order valence-corrected chi connectivity index (χ0v) is 15.9. The first-order valence-corrected chi connectivity index (χ1v) is 9.59. The SMILES string of the molecule is Cc1ccc2c(-c3ccc(F)cc3)c3ccccc3c(-c3ccc(F)cc3)c2c1. The summed E-state index contributed by atoms with van der Waals surface area (Å²) in [4.78, 5) is 0. The summed E-state index contributed by atoms with van der Waals surface area (Å²) in [6, 6.07) is 27.9. The molecule has 0 N–H and O–H groups in total. The summed E-state index contributed by atoms with van der Waals surface area (Å²) in [6.45, 7) is 2.07. The fraction of sp³-hybridized carbons (Fsp3) is 0.0370. The summed E-state index contributed by atoms with van der Waals surface area (Å²) < 4.78 is 27.2. The van der Waals surface area contributed by atoms with Crippen LogP contribution in [-0.4, -0.2) is 0 Å². The van der Waals surface area contributed by atoms with Crippen molar-refractivity contribution in [1.29, 1.82) is 0 Å². The highest BCUT2D eigenvalue weighted by molar-refractivity contribution is 6.21. The molecule has 5 aromatic rings. The third-order valence-corrected chi connectivity index (χ3v) is 5.45. The van der Waals surface area contributed by atoms with Crippen molar-refractivity contribution in [2.75, 3.05) is 0 Å². The van der Waals surface area contributed by atoms with E-state index in [1.165, 1.54) is 24.3 Å². The van der Waals surface area contributed by atoms with Gasteiger partial charge in [-0.25, -0.2) is 8.78 Å². The molecule has 0 fully saturated rings. The Bertz CT molecular complexity index is 1350. The molecule has 0 aliphatic rings. The zero-order valence-electron chi connectivity index (χ0n) is 15.9. The fourth-order valence-corrected chi connectivity index (χ4v) is 4.15. The fourth-order valence-electron chi connectivity index (χ4n) is 4.15. The number of benzene rings is 5. The van der Waals surface area contributed by atoms with Gasteiger partial charge in [-0.1, -0.05) is 72.3 Å². The predicted octanol–water partition coefficient (Wildman–Crippen LogP) is 7.91. The Hall–Kier alpha value is -3.52. The van der Waals surface area contributed by atoms with Gasteiger partial charge in [0, 0.05) is 0 Å². The largest absolute Gasteiger partial charge is 0.207 e. The molecule has 0 amide bonds. The van der Waals surface area contributed by atoms with Crippen LogP contribution in [0.2, 0.25) is 0 Å². The Morgan fingerprint density at radius 1 is 0.483 bits per heavy atom. The van der Waals surface area contributed by atoms with Crippen LogP contribution in [0.4, 0.5) is 8.78 Å². The van der Waals surface area contributed by atoms with Crippen LogP contribution >= 0.6 is 0 Å². The predicted molar refractivity (Wildman–Crippen MR) is 117 cm³/mol. The smallest absolute Gasteiger partial charge is 0.123 e. The molecule has 0 atom stereocenters. The van der Waals surface area contributed by atoms with E-state index in [1.54, 1.807) is 0 Å². The average Bonchev–Trinajstić information content (AvgIpc) is 2.74. The maximum absolute atomic E-state index is 13.6. The van der Waals surface area contributed by atoms with Gasteiger partial charge in [0.2, 0.25) is 0 Å². The topological polar surface area (TPSA) is 0 Å². The van der Waals surface area contributed by atoms with Gasteiger partial charge in [-0.3, -0.25) is 0 Å². The average molecular weight is 380 g/mol. The Labute approximate surface area is 168 Å². The first-order valence-electron chi connectivity index (χ1n) is 9.59. The molecule has 5 aromatic carbocycles. The lowest BCUT2D eigenvalue weighted by molar-refractivity contribution is 0.627. The molecule has 0 nitrogen and oxygen atoms in total. The minimum absolute atomic E-state index is 0.249. The summed E-state index contributed by atoms with van der Waals surface area (Å²) in [7, 11) is 0. The van der Waals surface area contributed by atoms with E-state index in [4.69, 9.17) is 0 Å². The highest BCUT2D eigenvalue weighted by Gasteiger charge is 2.16. The third-order valence-electron chi connectivity index (χ3n) is 5.45. The lowest BCUT2D eigenvalue weighted by Gasteiger charge is -2.18. The number of hydrogen-bond acceptors (Lipinski definition) is 0. The molecule has 5 rings (SSSR count). The number of fused-ring (bicyclic) bond motifs is 2. The van der Waals surface area contributed by atoms with Crippen molar-refractivity contribution >= 4 is 21.5 Å². The minimum atomic E-state index is -0.249. The second-order valence-electron chi connectivity index (χ2n) is 7.36. The van der Waals surface area contributed by atoms with Crippen LogP contribution in [0, 0.1) is 18.6 Å². The van der Waals surface area contributed by atoms with E-state index < -0.39 is 0 Å². The third kappa shape index (κ3) is 2.98. The molecule has 0 saturated heterocycles. The Morgan fingerprint density at radius 2 is 0.931 bits per heavy atom. The van der Waals surface area contributed by atoms with Crippen molar-refractivity contribution in [3.63, 3.8) is 0 Å². The monoisotopic (exact) mass is 380 g/mol. The normalized spacial score (nSPS) is 11.3. The van der Waals surface area contributed by atoms with Crippen LogP contribution in [0.15, 0.2) is 91.0 Å². The molecular weight excluding hydrogens is 362 g/mol. The van der Waals surface area contributed by atoms with Gasteiger partial charge in [-0.05, 0) is 75.0 Å². The van der Waals surface area contributed by atoms with E-state index in [1.807, 2.05) is 36.4 Å². The van der Waals surface area contributed by atoms with Crippen LogP contribution in [0.5, 0.6) is 0 Å². The van der Waals surface area contributed by atoms with Gasteiger partial charge in [0.15, 0.2) is 0 Å². The van der Waals surface area contributed by atoms with Crippen LogP contribution < -0.4 is 0 Å². The van der Waals surface area contributed by atoms with Crippen molar-refractivity contribution in [2.45, 2.75) is 6.92 Å². The van der Waals surface area contributed by atoms with Gasteiger partial charge in [0.05, 0.1) is 0 Å². The lowest BCUT2D eigenvalue weighted by atomic mass is 9.85. The van der Waals surface area contributed by atoms with Gasteiger partial charge >= 0.3 is 0 Å². The first kappa shape index (κ1) is 17.6. The molecule has 0 radical (unpaired) electrons. The van der Waals surface area contributed by atoms with Gasteiger partial charge < -0.3 is 0 Å². The molecule has 0 spiro atoms. The number of halogens is 2. The van der Waals surface area contributed by atoms with Crippen molar-refractivity contribution in [2.24, 2.45) is 0 Å². The van der Waals surface area contributed by atoms with E-state index in [0.717, 1.165) is 49.4 Å². The van der Waals surface area contributed by atoms with Gasteiger partial charge in [-0.2, -0.15) is 0 Å². The molecule has 0 aliphatic heterocycles. The maximum atomic E-state index is 13.6. The molecule has 0 aliphatic carbocycles. The van der Waals surface area contributed by atoms with Gasteiger partial charge in [-0.15, -0.1) is 0 Å². The van der Waals surface area contributed by atoms with Gasteiger partial charge in [0.25, 0.3) is 0 Å². The Morgan fingerprint density at radius 3 is 1.45 bits per heavy atom. The summed E-state index contributed by atoms with van der Waals surface area (Å²) in [6.07, 6.45) is 0. The standard InChI is InChI=1S/C27H18F2/c1-17-6-15-24-25(16-17)27(19-9-13-21(29)14-10-19)23-5-3-2-4-22(23)26(24)18-7-11-20(28)12-8-18/h2-16H,1H3. The quantitative estimate of drug-likeness (QED) is 0.273. The van der Waals surface area contributed by atoms with Crippen LogP contribution in [0.1, 0.15) is 5.56 Å². The number of aryl methyl sites for hydroxylation is 1. The van der Waals surface area contributed by atoms with Crippen molar-refractivity contribution in [3.05, 3.63) is 108 Å². The van der Waals surface area contributed by atoms with Crippen LogP contribution in [0.25, 0.3) is 43.8 Å². The summed E-state index contributed by atoms with van der Waals surface area (Å²) in [5, 5.41) is 4.39. The Kier molecular flexibility index (Phi) is 4.13. The van der Waals surface area contributed by atoms with E-state index in [-0.39, 0.29) is 11.6 Å². The molecule has 0 heterocycles. The molecule has 29 heavy (non-hydrogen) atoms. The summed E-state index contributed by atoms with van der Waals surface area (Å²) in [5.41, 5.74) is 5.28. The molecule has 0 aromatic heterocycles. The Balaban J connectivity index is 1.98. The van der Waals surface area contributed by atoms with E-state index in [9.17, 15) is 8.78 Å². The molecule has 2 heteroatoms. The van der Waals surface area contributed by atoms with E-state index >= 15 is 0 Å². The molecule has 140 valence electrons. The van der Waals surface area contributed by atoms with Crippen molar-refractivity contribution < 1.29 is 8.78 Å². The van der Waals surface area contributed by atoms with E-state index in [2.05, 4.69) is 37.3 Å². The second kappa shape index (κ2) is 6.82. The number of hydrogen-bond donors (Lipinski definition) is 0. The molecule has 0 saturated carbocycles. The highest BCUT2D eigenvalue weighted by atomic mass is 19.1. The van der Waals surface area contributed by atoms with Crippen molar-refractivity contribution in [1.82, 2.24) is 0 Å². The number of rotatable bonds is 2. The lowest BCUT2D eigenvalue weighted by Crippen LogP contribution is -1.91. The van der Waals surface area contributed by atoms with Crippen LogP contribution in [-0.2, 0) is 0 Å². The molecule has 0 unspecified atom stereocenters. The maximum Gasteiger partial charge on any atom is 0.123 e. The highest BCUT2D eigenvalue weighted by Crippen LogP contribution is 2.43. The molecule has 0 bridgehead atoms. The second-order valence-corrected chi connectivity index (χ2v) is 7.36. The van der Waals surface area contributed by atoms with Crippen LogP contribution in [0.3, 0.4) is 0 Å². The molecular formula is C27H18F2. The van der Waals surface area contributed by atoms with Crippen molar-refractivity contribution in [3.8, 4) is 22.3 Å². The van der Waals surface area contributed by atoms with Gasteiger partial charge in [0.1, 0.15) is 11.6 Å². The summed E-state index contributed by atoms with van der Waals surface area (Å²) in [5.74, 6) is -0.498. The zero-order chi connectivity index (χ0) is 20.0.